The minimum Gasteiger partial charge on any atom is -0.348 e. The van der Waals surface area contributed by atoms with Gasteiger partial charge in [0, 0.05) is 0 Å². The van der Waals surface area contributed by atoms with Crippen LogP contribution in [0.1, 0.15) is 58.8 Å². The lowest BCUT2D eigenvalue weighted by molar-refractivity contribution is -0.139. The maximum atomic E-state index is 5.74. The molecule has 0 N–H and O–H groups in total. The van der Waals surface area contributed by atoms with E-state index in [9.17, 15) is 0 Å². The summed E-state index contributed by atoms with van der Waals surface area (Å²) in [4.78, 5) is 0. The lowest BCUT2D eigenvalue weighted by Gasteiger charge is -2.16. The number of rotatable bonds is 7. The van der Waals surface area contributed by atoms with Crippen molar-refractivity contribution in [3.8, 4) is 0 Å². The Bertz CT molecular complexity index is 166. The lowest BCUT2D eigenvalue weighted by Crippen LogP contribution is -2.21. The molecule has 2 nitrogen and oxygen atoms in total. The summed E-state index contributed by atoms with van der Waals surface area (Å²) in [5, 5.41) is 0. The molecular formula is C13H25O2. The van der Waals surface area contributed by atoms with E-state index in [1.165, 1.54) is 32.1 Å². The fourth-order valence-electron chi connectivity index (χ4n) is 1.98. The van der Waals surface area contributed by atoms with Gasteiger partial charge in [0.05, 0.1) is 12.7 Å². The predicted octanol–water partition coefficient (Wildman–Crippen LogP) is 3.70. The first kappa shape index (κ1) is 13.0. The van der Waals surface area contributed by atoms with Crippen molar-refractivity contribution in [2.24, 2.45) is 0 Å². The smallest absolute Gasteiger partial charge is 0.163 e. The van der Waals surface area contributed by atoms with E-state index in [0.717, 1.165) is 19.4 Å². The van der Waals surface area contributed by atoms with E-state index in [2.05, 4.69) is 6.92 Å². The van der Waals surface area contributed by atoms with E-state index in [-0.39, 0.29) is 5.79 Å². The molecule has 1 atom stereocenters. The summed E-state index contributed by atoms with van der Waals surface area (Å²) < 4.78 is 11.3. The number of hydrogen-bond acceptors (Lipinski definition) is 2. The Labute approximate surface area is 94.3 Å². The quantitative estimate of drug-likeness (QED) is 0.600. The van der Waals surface area contributed by atoms with Crippen molar-refractivity contribution >= 4 is 0 Å². The monoisotopic (exact) mass is 213 g/mol. The summed E-state index contributed by atoms with van der Waals surface area (Å²) in [6.07, 6.45) is 9.08. The molecular weight excluding hydrogens is 188 g/mol. The molecule has 1 rings (SSSR count). The van der Waals surface area contributed by atoms with Crippen LogP contribution in [0.2, 0.25) is 0 Å². The summed E-state index contributed by atoms with van der Waals surface area (Å²) in [5.74, 6) is -0.349. The molecule has 1 unspecified atom stereocenters. The average Bonchev–Trinajstić information content (AvgIpc) is 2.52. The molecule has 0 aromatic heterocycles. The van der Waals surface area contributed by atoms with E-state index < -0.39 is 0 Å². The molecule has 2 heteroatoms. The number of unbranched alkanes of at least 4 members (excludes halogenated alkanes) is 5. The van der Waals surface area contributed by atoms with E-state index in [0.29, 0.717) is 6.10 Å². The van der Waals surface area contributed by atoms with Gasteiger partial charge < -0.3 is 9.47 Å². The molecule has 0 aromatic rings. The highest BCUT2D eigenvalue weighted by Gasteiger charge is 2.31. The fraction of sp³-hybridized carbons (Fsp3) is 0.923. The summed E-state index contributed by atoms with van der Waals surface area (Å²) in [6, 6.07) is 0. The van der Waals surface area contributed by atoms with Gasteiger partial charge >= 0.3 is 0 Å². The van der Waals surface area contributed by atoms with Gasteiger partial charge in [-0.15, -0.1) is 0 Å². The zero-order valence-corrected chi connectivity index (χ0v) is 10.3. The maximum absolute atomic E-state index is 5.74. The van der Waals surface area contributed by atoms with Gasteiger partial charge in [-0.25, -0.2) is 0 Å². The first-order valence-electron chi connectivity index (χ1n) is 6.25. The third-order valence-corrected chi connectivity index (χ3v) is 2.84. The van der Waals surface area contributed by atoms with Gasteiger partial charge in [0.1, 0.15) is 0 Å². The van der Waals surface area contributed by atoms with Crippen molar-refractivity contribution < 1.29 is 9.47 Å². The molecule has 1 radical (unpaired) electrons. The van der Waals surface area contributed by atoms with Crippen molar-refractivity contribution in [3.05, 3.63) is 6.92 Å². The molecule has 89 valence electrons. The molecule has 0 spiro atoms. The van der Waals surface area contributed by atoms with Crippen LogP contribution in [0.5, 0.6) is 0 Å². The van der Waals surface area contributed by atoms with Gasteiger partial charge in [-0.1, -0.05) is 45.4 Å². The van der Waals surface area contributed by atoms with Crippen LogP contribution in [0.3, 0.4) is 0 Å². The first-order chi connectivity index (χ1) is 7.14. The van der Waals surface area contributed by atoms with Crippen LogP contribution in [0.15, 0.2) is 0 Å². The van der Waals surface area contributed by atoms with Crippen molar-refractivity contribution in [2.75, 3.05) is 6.61 Å². The molecule has 1 aliphatic heterocycles. The third kappa shape index (κ3) is 5.53. The molecule has 1 aliphatic rings. The SMILES string of the molecule is [CH2]CCCCCCCC1COC(C)(C)O1. The summed E-state index contributed by atoms with van der Waals surface area (Å²) in [6.45, 7) is 8.59. The van der Waals surface area contributed by atoms with Crippen LogP contribution >= 0.6 is 0 Å². The Kier molecular flexibility index (Phi) is 5.62. The third-order valence-electron chi connectivity index (χ3n) is 2.84. The van der Waals surface area contributed by atoms with Gasteiger partial charge in [0.25, 0.3) is 0 Å². The average molecular weight is 213 g/mol. The van der Waals surface area contributed by atoms with E-state index >= 15 is 0 Å². The Morgan fingerprint density at radius 2 is 1.80 bits per heavy atom. The predicted molar refractivity (Wildman–Crippen MR) is 62.6 cm³/mol. The second-order valence-electron chi connectivity index (χ2n) is 4.86. The zero-order chi connectivity index (χ0) is 11.1. The Hall–Kier alpha value is -0.0800. The van der Waals surface area contributed by atoms with Crippen molar-refractivity contribution in [2.45, 2.75) is 70.7 Å². The molecule has 0 aromatic carbocycles. The largest absolute Gasteiger partial charge is 0.348 e. The Morgan fingerprint density at radius 1 is 1.13 bits per heavy atom. The van der Waals surface area contributed by atoms with Gasteiger partial charge in [-0.2, -0.15) is 0 Å². The van der Waals surface area contributed by atoms with Gasteiger partial charge in [0.2, 0.25) is 0 Å². The van der Waals surface area contributed by atoms with Gasteiger partial charge in [-0.05, 0) is 20.3 Å². The topological polar surface area (TPSA) is 18.5 Å². The maximum Gasteiger partial charge on any atom is 0.163 e. The normalized spacial score (nSPS) is 24.6. The lowest BCUT2D eigenvalue weighted by atomic mass is 10.1. The van der Waals surface area contributed by atoms with Gasteiger partial charge in [0.15, 0.2) is 5.79 Å². The second-order valence-corrected chi connectivity index (χ2v) is 4.86. The van der Waals surface area contributed by atoms with Crippen LogP contribution in [-0.4, -0.2) is 18.5 Å². The Morgan fingerprint density at radius 3 is 2.40 bits per heavy atom. The molecule has 1 fully saturated rings. The second kappa shape index (κ2) is 6.49. The minimum absolute atomic E-state index is 0.327. The fourth-order valence-corrected chi connectivity index (χ4v) is 1.98. The summed E-state index contributed by atoms with van der Waals surface area (Å²) >= 11 is 0. The molecule has 1 heterocycles. The van der Waals surface area contributed by atoms with Crippen LogP contribution in [-0.2, 0) is 9.47 Å². The number of ether oxygens (including phenoxy) is 2. The molecule has 0 saturated carbocycles. The summed E-state index contributed by atoms with van der Waals surface area (Å²) in [7, 11) is 0. The molecule has 0 aliphatic carbocycles. The molecule has 1 saturated heterocycles. The van der Waals surface area contributed by atoms with Crippen LogP contribution in [0.4, 0.5) is 0 Å². The van der Waals surface area contributed by atoms with Crippen LogP contribution in [0.25, 0.3) is 0 Å². The zero-order valence-electron chi connectivity index (χ0n) is 10.3. The highest BCUT2D eigenvalue weighted by molar-refractivity contribution is 4.70. The molecule has 0 bridgehead atoms. The number of hydrogen-bond donors (Lipinski definition) is 0. The van der Waals surface area contributed by atoms with Crippen LogP contribution in [0, 0.1) is 6.92 Å². The van der Waals surface area contributed by atoms with E-state index in [4.69, 9.17) is 9.47 Å². The van der Waals surface area contributed by atoms with E-state index in [1.54, 1.807) is 0 Å². The standard InChI is InChI=1S/C13H25O2/c1-4-5-6-7-8-9-10-12-11-14-13(2,3)15-12/h12H,1,4-11H2,2-3H3. The van der Waals surface area contributed by atoms with Crippen molar-refractivity contribution in [1.29, 1.82) is 0 Å². The van der Waals surface area contributed by atoms with E-state index in [1.807, 2.05) is 13.8 Å². The van der Waals surface area contributed by atoms with Gasteiger partial charge in [-0.3, -0.25) is 0 Å². The highest BCUT2D eigenvalue weighted by Crippen LogP contribution is 2.25. The molecule has 0 amide bonds. The highest BCUT2D eigenvalue weighted by atomic mass is 16.7. The van der Waals surface area contributed by atoms with Crippen LogP contribution < -0.4 is 0 Å². The molecule has 15 heavy (non-hydrogen) atoms. The van der Waals surface area contributed by atoms with Crippen molar-refractivity contribution in [1.82, 2.24) is 0 Å². The van der Waals surface area contributed by atoms with Crippen molar-refractivity contribution in [3.63, 3.8) is 0 Å². The first-order valence-corrected chi connectivity index (χ1v) is 6.25. The Balaban J connectivity index is 1.93. The summed E-state index contributed by atoms with van der Waals surface area (Å²) in [5.41, 5.74) is 0. The minimum atomic E-state index is -0.349.